The van der Waals surface area contributed by atoms with Crippen LogP contribution in [0, 0.1) is 0 Å². The third-order valence-electron chi connectivity index (χ3n) is 3.30. The Labute approximate surface area is 106 Å². The highest BCUT2D eigenvalue weighted by Crippen LogP contribution is 2.25. The maximum Gasteiger partial charge on any atom is 0.389 e. The van der Waals surface area contributed by atoms with Gasteiger partial charge in [-0.05, 0) is 32.2 Å². The van der Waals surface area contributed by atoms with Gasteiger partial charge in [0.05, 0.1) is 5.25 Å². The lowest BCUT2D eigenvalue weighted by Crippen LogP contribution is -2.40. The summed E-state index contributed by atoms with van der Waals surface area (Å²) in [6.45, 7) is 0.451. The maximum absolute atomic E-state index is 11.9. The van der Waals surface area contributed by atoms with Gasteiger partial charge < -0.3 is 5.32 Å². The summed E-state index contributed by atoms with van der Waals surface area (Å²) in [5.41, 5.74) is 0. The van der Waals surface area contributed by atoms with E-state index >= 15 is 0 Å². The summed E-state index contributed by atoms with van der Waals surface area (Å²) in [6.07, 6.45) is -0.827. The molecule has 1 rings (SSSR count). The average molecular weight is 287 g/mol. The first-order valence-corrected chi connectivity index (χ1v) is 8.14. The van der Waals surface area contributed by atoms with Crippen molar-refractivity contribution < 1.29 is 21.6 Å². The number of rotatable bonds is 6. The number of alkyl halides is 3. The molecule has 0 heterocycles. The minimum Gasteiger partial charge on any atom is -0.313 e. The summed E-state index contributed by atoms with van der Waals surface area (Å²) in [4.78, 5) is 0. The fourth-order valence-electron chi connectivity index (χ4n) is 2.41. The summed E-state index contributed by atoms with van der Waals surface area (Å²) >= 11 is 0. The average Bonchev–Trinajstić information content (AvgIpc) is 2.62. The van der Waals surface area contributed by atoms with Crippen LogP contribution in [0.4, 0.5) is 13.2 Å². The van der Waals surface area contributed by atoms with Gasteiger partial charge in [-0.1, -0.05) is 6.42 Å². The first kappa shape index (κ1) is 15.8. The van der Waals surface area contributed by atoms with Crippen molar-refractivity contribution >= 4 is 9.84 Å². The molecule has 1 saturated carbocycles. The van der Waals surface area contributed by atoms with E-state index < -0.39 is 22.4 Å². The highest BCUT2D eigenvalue weighted by molar-refractivity contribution is 7.91. The smallest absolute Gasteiger partial charge is 0.313 e. The molecule has 0 aromatic carbocycles. The summed E-state index contributed by atoms with van der Waals surface area (Å²) in [5, 5.41) is 2.70. The fourth-order valence-corrected chi connectivity index (χ4v) is 3.83. The van der Waals surface area contributed by atoms with Crippen molar-refractivity contribution in [1.82, 2.24) is 5.32 Å². The molecular formula is C11H20F3NO2S. The Kier molecular flexibility index (Phi) is 5.46. The van der Waals surface area contributed by atoms with Crippen molar-refractivity contribution in [3.8, 4) is 0 Å². The largest absolute Gasteiger partial charge is 0.389 e. The number of sulfone groups is 1. The molecule has 0 aliphatic heterocycles. The highest BCUT2D eigenvalue weighted by Gasteiger charge is 2.34. The van der Waals surface area contributed by atoms with Crippen LogP contribution in [-0.2, 0) is 9.84 Å². The Bertz CT molecular complexity index is 354. The Hall–Kier alpha value is -0.300. The molecule has 3 nitrogen and oxygen atoms in total. The van der Waals surface area contributed by atoms with Crippen molar-refractivity contribution in [3.63, 3.8) is 0 Å². The van der Waals surface area contributed by atoms with Gasteiger partial charge in [-0.2, -0.15) is 13.2 Å². The topological polar surface area (TPSA) is 46.2 Å². The molecular weight excluding hydrogens is 267 g/mol. The van der Waals surface area contributed by atoms with E-state index in [9.17, 15) is 21.6 Å². The van der Waals surface area contributed by atoms with Gasteiger partial charge in [0.2, 0.25) is 0 Å². The lowest BCUT2D eigenvalue weighted by atomic mass is 10.2. The lowest BCUT2D eigenvalue weighted by Gasteiger charge is -2.19. The van der Waals surface area contributed by atoms with E-state index in [0.29, 0.717) is 19.4 Å². The third-order valence-corrected chi connectivity index (χ3v) is 4.96. The second kappa shape index (κ2) is 6.23. The molecule has 0 aromatic heterocycles. The normalized spacial score (nSPS) is 25.6. The van der Waals surface area contributed by atoms with Crippen LogP contribution in [0.5, 0.6) is 0 Å². The van der Waals surface area contributed by atoms with Crippen LogP contribution in [0.25, 0.3) is 0 Å². The molecule has 1 fully saturated rings. The standard InChI is InChI=1S/C11H20F3NO2S/c1-18(16,17)10-6-4-5-9(10)15-8-3-2-7-11(12,13)14/h9-10,15H,2-8H2,1H3. The number of halogens is 3. The predicted octanol–water partition coefficient (Wildman–Crippen LogP) is 2.27. The number of hydrogen-bond acceptors (Lipinski definition) is 3. The van der Waals surface area contributed by atoms with Crippen LogP contribution in [0.2, 0.25) is 0 Å². The third kappa shape index (κ3) is 5.56. The Balaban J connectivity index is 2.23. The molecule has 7 heteroatoms. The monoisotopic (exact) mass is 287 g/mol. The molecule has 0 radical (unpaired) electrons. The molecule has 0 bridgehead atoms. The molecule has 2 unspecified atom stereocenters. The Morgan fingerprint density at radius 2 is 1.89 bits per heavy atom. The second-order valence-corrected chi connectivity index (χ2v) is 7.20. The maximum atomic E-state index is 11.9. The van der Waals surface area contributed by atoms with Gasteiger partial charge in [-0.25, -0.2) is 8.42 Å². The Morgan fingerprint density at radius 1 is 1.22 bits per heavy atom. The van der Waals surface area contributed by atoms with Gasteiger partial charge in [-0.15, -0.1) is 0 Å². The van der Waals surface area contributed by atoms with Crippen molar-refractivity contribution in [2.75, 3.05) is 12.8 Å². The summed E-state index contributed by atoms with van der Waals surface area (Å²) < 4.78 is 58.7. The molecule has 108 valence electrons. The van der Waals surface area contributed by atoms with Crippen LogP contribution in [-0.4, -0.2) is 38.7 Å². The van der Waals surface area contributed by atoms with E-state index in [4.69, 9.17) is 0 Å². The van der Waals surface area contributed by atoms with E-state index in [1.165, 1.54) is 6.26 Å². The van der Waals surface area contributed by atoms with E-state index in [1.54, 1.807) is 0 Å². The SMILES string of the molecule is CS(=O)(=O)C1CCCC1NCCCCC(F)(F)F. The molecule has 2 atom stereocenters. The number of hydrogen-bond donors (Lipinski definition) is 1. The van der Waals surface area contributed by atoms with Crippen LogP contribution < -0.4 is 5.32 Å². The number of unbranched alkanes of at least 4 members (excludes halogenated alkanes) is 1. The van der Waals surface area contributed by atoms with E-state index in [-0.39, 0.29) is 17.7 Å². The molecule has 0 amide bonds. The van der Waals surface area contributed by atoms with Gasteiger partial charge in [-0.3, -0.25) is 0 Å². The van der Waals surface area contributed by atoms with Crippen LogP contribution in [0.3, 0.4) is 0 Å². The fraction of sp³-hybridized carbons (Fsp3) is 1.00. The van der Waals surface area contributed by atoms with Crippen molar-refractivity contribution in [3.05, 3.63) is 0 Å². The quantitative estimate of drug-likeness (QED) is 0.762. The predicted molar refractivity (Wildman–Crippen MR) is 64.2 cm³/mol. The molecule has 0 saturated heterocycles. The number of nitrogens with one attached hydrogen (secondary N) is 1. The minimum absolute atomic E-state index is 0.0900. The van der Waals surface area contributed by atoms with Gasteiger partial charge in [0, 0.05) is 18.7 Å². The zero-order chi connectivity index (χ0) is 13.8. The lowest BCUT2D eigenvalue weighted by molar-refractivity contribution is -0.135. The zero-order valence-corrected chi connectivity index (χ0v) is 11.3. The first-order valence-electron chi connectivity index (χ1n) is 6.19. The Morgan fingerprint density at radius 3 is 2.44 bits per heavy atom. The molecule has 0 spiro atoms. The van der Waals surface area contributed by atoms with E-state index in [0.717, 1.165) is 12.8 Å². The second-order valence-electron chi connectivity index (χ2n) is 4.93. The van der Waals surface area contributed by atoms with Gasteiger partial charge in [0.25, 0.3) is 0 Å². The summed E-state index contributed by atoms with van der Waals surface area (Å²) in [7, 11) is -3.06. The molecule has 1 N–H and O–H groups in total. The molecule has 0 aromatic rings. The molecule has 18 heavy (non-hydrogen) atoms. The minimum atomic E-state index is -4.09. The van der Waals surface area contributed by atoms with Crippen LogP contribution in [0.1, 0.15) is 38.5 Å². The van der Waals surface area contributed by atoms with Crippen molar-refractivity contribution in [2.24, 2.45) is 0 Å². The summed E-state index contributed by atoms with van der Waals surface area (Å²) in [5.74, 6) is 0. The molecule has 1 aliphatic rings. The van der Waals surface area contributed by atoms with E-state index in [2.05, 4.69) is 5.32 Å². The highest BCUT2D eigenvalue weighted by atomic mass is 32.2. The van der Waals surface area contributed by atoms with Gasteiger partial charge in [0.1, 0.15) is 0 Å². The van der Waals surface area contributed by atoms with Crippen molar-refractivity contribution in [1.29, 1.82) is 0 Å². The van der Waals surface area contributed by atoms with Crippen LogP contribution in [0.15, 0.2) is 0 Å². The molecule has 1 aliphatic carbocycles. The summed E-state index contributed by atoms with van der Waals surface area (Å²) in [6, 6.07) is -0.0918. The zero-order valence-electron chi connectivity index (χ0n) is 10.5. The van der Waals surface area contributed by atoms with Crippen molar-refractivity contribution in [2.45, 2.75) is 56.0 Å². The van der Waals surface area contributed by atoms with Crippen LogP contribution >= 0.6 is 0 Å². The van der Waals surface area contributed by atoms with E-state index in [1.807, 2.05) is 0 Å². The van der Waals surface area contributed by atoms with Gasteiger partial charge in [0.15, 0.2) is 9.84 Å². The first-order chi connectivity index (χ1) is 8.20. The van der Waals surface area contributed by atoms with Gasteiger partial charge >= 0.3 is 6.18 Å².